The van der Waals surface area contributed by atoms with Gasteiger partial charge in [-0.2, -0.15) is 13.2 Å². The van der Waals surface area contributed by atoms with E-state index in [1.54, 1.807) is 35.3 Å². The monoisotopic (exact) mass is 796 g/mol. The SMILES string of the molecule is CN1C(=O)C[C@H](C(=O)NCCOCC2CCC(COCCCC(=O)NCCN3CC[C@H](Nc4ncnc5ccc(C(F)(F)F)cc45)C3=O)CC2)[C@H]1c1cccnc1. The molecule has 3 N–H and O–H groups in total. The van der Waals surface area contributed by atoms with Gasteiger partial charge in [0.25, 0.3) is 0 Å². The number of alkyl halides is 3. The molecule has 57 heavy (non-hydrogen) atoms. The molecule has 0 bridgehead atoms. The summed E-state index contributed by atoms with van der Waals surface area (Å²) in [5, 5.41) is 8.98. The number of carbonyl (C=O) groups excluding carboxylic acids is 4. The van der Waals surface area contributed by atoms with Crippen molar-refractivity contribution >= 4 is 40.3 Å². The minimum Gasteiger partial charge on any atom is -0.381 e. The molecule has 3 aromatic rings. The molecule has 4 heterocycles. The molecule has 1 aromatic carbocycles. The Bertz CT molecular complexity index is 1840. The zero-order valence-electron chi connectivity index (χ0n) is 32.1. The Kier molecular flexibility index (Phi) is 14.3. The molecule has 6 rings (SSSR count). The van der Waals surface area contributed by atoms with Crippen molar-refractivity contribution in [3.05, 3.63) is 60.2 Å². The molecule has 14 nitrogen and oxygen atoms in total. The smallest absolute Gasteiger partial charge is 0.381 e. The topological polar surface area (TPSA) is 168 Å². The Balaban J connectivity index is 0.779. The Morgan fingerprint density at radius 3 is 2.42 bits per heavy atom. The average Bonchev–Trinajstić information content (AvgIpc) is 3.71. The number of hydrogen-bond donors (Lipinski definition) is 3. The molecule has 0 spiro atoms. The van der Waals surface area contributed by atoms with Gasteiger partial charge in [-0.25, -0.2) is 9.97 Å². The minimum absolute atomic E-state index is 0.0583. The van der Waals surface area contributed by atoms with Gasteiger partial charge in [0.2, 0.25) is 23.6 Å². The first kappa shape index (κ1) is 41.7. The number of nitrogens with zero attached hydrogens (tertiary/aromatic N) is 5. The number of anilines is 1. The van der Waals surface area contributed by atoms with Gasteiger partial charge in [-0.3, -0.25) is 24.2 Å². The molecule has 1 aliphatic carbocycles. The first-order valence-corrected chi connectivity index (χ1v) is 19.7. The number of halogens is 3. The zero-order valence-corrected chi connectivity index (χ0v) is 32.1. The van der Waals surface area contributed by atoms with E-state index in [0.29, 0.717) is 89.2 Å². The van der Waals surface area contributed by atoms with Crippen LogP contribution in [0.15, 0.2) is 49.1 Å². The van der Waals surface area contributed by atoms with E-state index in [4.69, 9.17) is 9.47 Å². The van der Waals surface area contributed by atoms with Crippen molar-refractivity contribution in [3.8, 4) is 0 Å². The summed E-state index contributed by atoms with van der Waals surface area (Å²) in [6, 6.07) is 5.95. The molecule has 17 heteroatoms. The van der Waals surface area contributed by atoms with Crippen LogP contribution in [-0.2, 0) is 34.8 Å². The quantitative estimate of drug-likeness (QED) is 0.159. The first-order chi connectivity index (χ1) is 27.5. The highest BCUT2D eigenvalue weighted by Gasteiger charge is 2.42. The van der Waals surface area contributed by atoms with E-state index in [1.165, 1.54) is 12.4 Å². The summed E-state index contributed by atoms with van der Waals surface area (Å²) in [7, 11) is 1.72. The molecule has 2 aliphatic heterocycles. The second kappa shape index (κ2) is 19.5. The highest BCUT2D eigenvalue weighted by atomic mass is 19.4. The largest absolute Gasteiger partial charge is 0.416 e. The maximum Gasteiger partial charge on any atom is 0.416 e. The molecule has 1 saturated carbocycles. The lowest BCUT2D eigenvalue weighted by Gasteiger charge is -2.28. The van der Waals surface area contributed by atoms with Crippen molar-refractivity contribution in [2.24, 2.45) is 17.8 Å². The first-order valence-electron chi connectivity index (χ1n) is 19.7. The Hall–Kier alpha value is -4.90. The molecule has 3 fully saturated rings. The van der Waals surface area contributed by atoms with Gasteiger partial charge >= 0.3 is 6.18 Å². The number of benzene rings is 1. The standard InChI is InChI=1S/C40H51F3N8O6/c1-50-35(53)21-31(36(50)28-4-2-13-44-22-28)38(54)46-15-19-57-24-27-8-6-26(7-9-27)23-56-18-3-5-34(52)45-14-17-51-16-12-33(39(51)55)49-37-30-20-29(40(41,42)43)10-11-32(30)47-25-48-37/h2,4,10-11,13,20,22,25-27,31,33,36H,3,5-9,12,14-19,21,23-24H2,1H3,(H,45,52)(H,46,54)(H,47,48,49)/t26?,27?,31-,33-,36+/m0/s1. The van der Waals surface area contributed by atoms with Crippen LogP contribution in [0.4, 0.5) is 19.0 Å². The number of carbonyl (C=O) groups is 4. The molecule has 3 aliphatic rings. The Morgan fingerprint density at radius 1 is 0.947 bits per heavy atom. The van der Waals surface area contributed by atoms with Gasteiger partial charge in [0.05, 0.1) is 29.6 Å². The molecular formula is C40H51F3N8O6. The number of aromatic nitrogens is 3. The molecule has 0 unspecified atom stereocenters. The highest BCUT2D eigenvalue weighted by Crippen LogP contribution is 2.37. The maximum atomic E-state index is 13.3. The van der Waals surface area contributed by atoms with Crippen LogP contribution < -0.4 is 16.0 Å². The molecule has 2 aromatic heterocycles. The van der Waals surface area contributed by atoms with Crippen molar-refractivity contribution in [2.75, 3.05) is 65.0 Å². The van der Waals surface area contributed by atoms with Crippen molar-refractivity contribution in [3.63, 3.8) is 0 Å². The van der Waals surface area contributed by atoms with Crippen molar-refractivity contribution in [1.29, 1.82) is 0 Å². The lowest BCUT2D eigenvalue weighted by Crippen LogP contribution is -2.39. The molecule has 3 atom stereocenters. The van der Waals surface area contributed by atoms with Crippen LogP contribution >= 0.6 is 0 Å². The number of hydrogen-bond acceptors (Lipinski definition) is 10. The van der Waals surface area contributed by atoms with Crippen LogP contribution in [0, 0.1) is 17.8 Å². The van der Waals surface area contributed by atoms with Gasteiger partial charge < -0.3 is 35.2 Å². The maximum absolute atomic E-state index is 13.3. The number of pyridine rings is 1. The molecule has 4 amide bonds. The summed E-state index contributed by atoms with van der Waals surface area (Å²) in [5.74, 6) is 0.0936. The summed E-state index contributed by atoms with van der Waals surface area (Å²) in [6.45, 7) is 3.63. The second-order valence-corrected chi connectivity index (χ2v) is 15.1. The third-order valence-electron chi connectivity index (χ3n) is 11.1. The van der Waals surface area contributed by atoms with E-state index in [1.807, 2.05) is 6.07 Å². The van der Waals surface area contributed by atoms with E-state index in [0.717, 1.165) is 43.4 Å². The lowest BCUT2D eigenvalue weighted by molar-refractivity contribution is -0.137. The van der Waals surface area contributed by atoms with Gasteiger partial charge in [0.1, 0.15) is 18.2 Å². The third kappa shape index (κ3) is 11.2. The molecular weight excluding hydrogens is 745 g/mol. The predicted octanol–water partition coefficient (Wildman–Crippen LogP) is 4.13. The average molecular weight is 797 g/mol. The van der Waals surface area contributed by atoms with E-state index in [9.17, 15) is 32.3 Å². The zero-order chi connectivity index (χ0) is 40.4. The summed E-state index contributed by atoms with van der Waals surface area (Å²) in [6.07, 6.45) is 5.79. The molecule has 308 valence electrons. The van der Waals surface area contributed by atoms with E-state index >= 15 is 0 Å². The summed E-state index contributed by atoms with van der Waals surface area (Å²) < 4.78 is 51.6. The fourth-order valence-electron chi connectivity index (χ4n) is 7.92. The van der Waals surface area contributed by atoms with Crippen LogP contribution in [0.25, 0.3) is 10.9 Å². The lowest BCUT2D eigenvalue weighted by atomic mass is 9.83. The van der Waals surface area contributed by atoms with Gasteiger partial charge in [0, 0.05) is 83.7 Å². The minimum atomic E-state index is -4.52. The van der Waals surface area contributed by atoms with E-state index in [2.05, 4.69) is 30.9 Å². The number of amides is 4. The van der Waals surface area contributed by atoms with Gasteiger partial charge in [-0.1, -0.05) is 6.07 Å². The fraction of sp³-hybridized carbons (Fsp3) is 0.575. The second-order valence-electron chi connectivity index (χ2n) is 15.1. The fourth-order valence-corrected chi connectivity index (χ4v) is 7.92. The number of likely N-dealkylation sites (tertiary alicyclic amines) is 2. The highest BCUT2D eigenvalue weighted by molar-refractivity contribution is 5.93. The van der Waals surface area contributed by atoms with Crippen LogP contribution in [0.5, 0.6) is 0 Å². The van der Waals surface area contributed by atoms with Gasteiger partial charge in [-0.15, -0.1) is 0 Å². The van der Waals surface area contributed by atoms with Crippen LogP contribution in [-0.4, -0.2) is 114 Å². The Labute approximate surface area is 329 Å². The normalized spacial score (nSPS) is 22.6. The van der Waals surface area contributed by atoms with E-state index < -0.39 is 23.7 Å². The summed E-state index contributed by atoms with van der Waals surface area (Å²) >= 11 is 0. The van der Waals surface area contributed by atoms with Crippen molar-refractivity contribution < 1.29 is 41.8 Å². The molecule has 2 saturated heterocycles. The Morgan fingerprint density at radius 2 is 1.70 bits per heavy atom. The van der Waals surface area contributed by atoms with Crippen LogP contribution in [0.3, 0.4) is 0 Å². The number of fused-ring (bicyclic) bond motifs is 1. The van der Waals surface area contributed by atoms with Crippen LogP contribution in [0.1, 0.15) is 68.5 Å². The van der Waals surface area contributed by atoms with Crippen molar-refractivity contribution in [1.82, 2.24) is 35.4 Å². The van der Waals surface area contributed by atoms with Gasteiger partial charge in [-0.05, 0) is 80.2 Å². The number of nitrogens with one attached hydrogen (secondary N) is 3. The molecule has 0 radical (unpaired) electrons. The summed E-state index contributed by atoms with van der Waals surface area (Å²) in [4.78, 5) is 66.3. The third-order valence-corrected chi connectivity index (χ3v) is 11.1. The predicted molar refractivity (Wildman–Crippen MR) is 203 cm³/mol. The number of rotatable bonds is 18. The van der Waals surface area contributed by atoms with Gasteiger partial charge in [0.15, 0.2) is 0 Å². The van der Waals surface area contributed by atoms with Crippen LogP contribution in [0.2, 0.25) is 0 Å². The van der Waals surface area contributed by atoms with Crippen molar-refractivity contribution in [2.45, 2.75) is 69.6 Å². The summed E-state index contributed by atoms with van der Waals surface area (Å²) in [5.41, 5.74) is 0.363. The number of ether oxygens (including phenoxy) is 2. The van der Waals surface area contributed by atoms with E-state index in [-0.39, 0.29) is 47.3 Å².